The van der Waals surface area contributed by atoms with Crippen LogP contribution in [0.15, 0.2) is 17.3 Å². The zero-order chi connectivity index (χ0) is 14.8. The van der Waals surface area contributed by atoms with E-state index in [-0.39, 0.29) is 24.1 Å². The molecule has 3 rings (SSSR count). The fourth-order valence-corrected chi connectivity index (χ4v) is 2.42. The Morgan fingerprint density at radius 3 is 3.19 bits per heavy atom. The van der Waals surface area contributed by atoms with Gasteiger partial charge in [-0.15, -0.1) is 0 Å². The molecule has 1 saturated heterocycles. The first-order valence-corrected chi connectivity index (χ1v) is 6.90. The molecule has 2 aromatic heterocycles. The number of nitrogens with zero attached hydrogens (tertiary/aromatic N) is 4. The molecular weight excluding hydrogens is 274 g/mol. The number of aryl methyl sites for hydroxylation is 1. The van der Waals surface area contributed by atoms with Gasteiger partial charge in [0.25, 0.3) is 5.56 Å². The lowest BCUT2D eigenvalue weighted by molar-refractivity contribution is -0.122. The van der Waals surface area contributed by atoms with Crippen molar-refractivity contribution in [3.05, 3.63) is 22.9 Å². The molecule has 1 fully saturated rings. The smallest absolute Gasteiger partial charge is 0.264 e. The van der Waals surface area contributed by atoms with E-state index in [1.54, 1.807) is 7.05 Å². The molecule has 0 aliphatic carbocycles. The van der Waals surface area contributed by atoms with Gasteiger partial charge in [-0.2, -0.15) is 5.10 Å². The van der Waals surface area contributed by atoms with Crippen molar-refractivity contribution in [2.24, 2.45) is 7.05 Å². The average molecular weight is 291 g/mol. The quantitative estimate of drug-likeness (QED) is 0.814. The number of aromatic nitrogens is 4. The molecule has 8 heteroatoms. The number of hydrogen-bond acceptors (Lipinski definition) is 5. The van der Waals surface area contributed by atoms with Gasteiger partial charge in [0.2, 0.25) is 5.91 Å². The molecule has 112 valence electrons. The topological polar surface area (TPSA) is 91.0 Å². The summed E-state index contributed by atoms with van der Waals surface area (Å²) in [5.74, 6) is -0.224. The summed E-state index contributed by atoms with van der Waals surface area (Å²) in [6, 6.07) is 0. The second-order valence-electron chi connectivity index (χ2n) is 5.12. The van der Waals surface area contributed by atoms with Crippen molar-refractivity contribution in [2.75, 3.05) is 13.2 Å². The predicted octanol–water partition coefficient (Wildman–Crippen LogP) is -0.575. The van der Waals surface area contributed by atoms with Crippen molar-refractivity contribution in [1.29, 1.82) is 0 Å². The van der Waals surface area contributed by atoms with Crippen LogP contribution in [0.25, 0.3) is 11.0 Å². The van der Waals surface area contributed by atoms with Crippen LogP contribution in [0, 0.1) is 0 Å². The standard InChI is InChI=1S/C13H17N5O3/c1-17-12-10(6-16-17)13(20)18(8-15-12)7-11(19)14-5-9-3-2-4-21-9/h6,8-9H,2-5,7H2,1H3,(H,14,19)/t9-/m1/s1. The summed E-state index contributed by atoms with van der Waals surface area (Å²) in [6.07, 6.45) is 4.92. The number of hydrogen-bond donors (Lipinski definition) is 1. The summed E-state index contributed by atoms with van der Waals surface area (Å²) < 4.78 is 8.24. The van der Waals surface area contributed by atoms with Gasteiger partial charge >= 0.3 is 0 Å². The Balaban J connectivity index is 1.68. The first-order chi connectivity index (χ1) is 10.1. The van der Waals surface area contributed by atoms with Gasteiger partial charge < -0.3 is 10.1 Å². The van der Waals surface area contributed by atoms with Crippen LogP contribution in [0.4, 0.5) is 0 Å². The van der Waals surface area contributed by atoms with Gasteiger partial charge in [-0.05, 0) is 12.8 Å². The Morgan fingerprint density at radius 1 is 1.57 bits per heavy atom. The Morgan fingerprint density at radius 2 is 2.43 bits per heavy atom. The van der Waals surface area contributed by atoms with E-state index in [4.69, 9.17) is 4.74 Å². The summed E-state index contributed by atoms with van der Waals surface area (Å²) in [5, 5.41) is 7.18. The Bertz CT molecular complexity index is 714. The van der Waals surface area contributed by atoms with E-state index >= 15 is 0 Å². The molecule has 2 aromatic rings. The highest BCUT2D eigenvalue weighted by atomic mass is 16.5. The lowest BCUT2D eigenvalue weighted by atomic mass is 10.2. The van der Waals surface area contributed by atoms with Gasteiger partial charge in [-0.25, -0.2) is 4.98 Å². The summed E-state index contributed by atoms with van der Waals surface area (Å²) in [6.45, 7) is 1.18. The highest BCUT2D eigenvalue weighted by molar-refractivity contribution is 5.77. The van der Waals surface area contributed by atoms with E-state index in [1.165, 1.54) is 21.8 Å². The van der Waals surface area contributed by atoms with Crippen molar-refractivity contribution >= 4 is 16.9 Å². The largest absolute Gasteiger partial charge is 0.376 e. The number of ether oxygens (including phenoxy) is 1. The summed E-state index contributed by atoms with van der Waals surface area (Å²) in [4.78, 5) is 28.2. The van der Waals surface area contributed by atoms with Crippen LogP contribution in [0.3, 0.4) is 0 Å². The third kappa shape index (κ3) is 2.80. The monoisotopic (exact) mass is 291 g/mol. The zero-order valence-corrected chi connectivity index (χ0v) is 11.8. The fraction of sp³-hybridized carbons (Fsp3) is 0.538. The van der Waals surface area contributed by atoms with E-state index < -0.39 is 0 Å². The van der Waals surface area contributed by atoms with Crippen molar-refractivity contribution in [3.63, 3.8) is 0 Å². The first kappa shape index (κ1) is 13.7. The van der Waals surface area contributed by atoms with Crippen molar-refractivity contribution in [2.45, 2.75) is 25.5 Å². The second-order valence-corrected chi connectivity index (χ2v) is 5.12. The molecule has 0 bridgehead atoms. The molecule has 0 radical (unpaired) electrons. The molecular formula is C13H17N5O3. The highest BCUT2D eigenvalue weighted by Gasteiger charge is 2.16. The predicted molar refractivity (Wildman–Crippen MR) is 74.8 cm³/mol. The summed E-state index contributed by atoms with van der Waals surface area (Å²) >= 11 is 0. The minimum absolute atomic E-state index is 0.0522. The number of fused-ring (bicyclic) bond motifs is 1. The summed E-state index contributed by atoms with van der Waals surface area (Å²) in [5.41, 5.74) is 0.247. The molecule has 0 saturated carbocycles. The SMILES string of the molecule is Cn1ncc2c(=O)n(CC(=O)NC[C@H]3CCCO3)cnc21. The van der Waals surface area contributed by atoms with Crippen LogP contribution < -0.4 is 10.9 Å². The molecule has 1 aliphatic heterocycles. The molecule has 1 aliphatic rings. The number of amides is 1. The van der Waals surface area contributed by atoms with Gasteiger partial charge in [-0.1, -0.05) is 0 Å². The van der Waals surface area contributed by atoms with Crippen LogP contribution >= 0.6 is 0 Å². The number of rotatable bonds is 4. The van der Waals surface area contributed by atoms with Crippen LogP contribution in [0.2, 0.25) is 0 Å². The van der Waals surface area contributed by atoms with E-state index in [0.29, 0.717) is 17.6 Å². The van der Waals surface area contributed by atoms with Crippen LogP contribution in [-0.4, -0.2) is 44.5 Å². The molecule has 3 heterocycles. The Kier molecular flexibility index (Phi) is 3.70. The van der Waals surface area contributed by atoms with E-state index in [1.807, 2.05) is 0 Å². The van der Waals surface area contributed by atoms with Crippen molar-refractivity contribution < 1.29 is 9.53 Å². The molecule has 1 atom stereocenters. The lowest BCUT2D eigenvalue weighted by Gasteiger charge is -2.11. The van der Waals surface area contributed by atoms with Gasteiger partial charge in [0, 0.05) is 20.2 Å². The van der Waals surface area contributed by atoms with Crippen LogP contribution in [0.1, 0.15) is 12.8 Å². The average Bonchev–Trinajstić information content (AvgIpc) is 3.10. The first-order valence-electron chi connectivity index (χ1n) is 6.90. The van der Waals surface area contributed by atoms with Crippen LogP contribution in [-0.2, 0) is 23.1 Å². The lowest BCUT2D eigenvalue weighted by Crippen LogP contribution is -2.36. The third-order valence-corrected chi connectivity index (χ3v) is 3.58. The molecule has 0 aromatic carbocycles. The van der Waals surface area contributed by atoms with E-state index in [9.17, 15) is 9.59 Å². The van der Waals surface area contributed by atoms with Gasteiger partial charge in [0.15, 0.2) is 5.65 Å². The molecule has 1 N–H and O–H groups in total. The molecule has 8 nitrogen and oxygen atoms in total. The highest BCUT2D eigenvalue weighted by Crippen LogP contribution is 2.10. The molecule has 21 heavy (non-hydrogen) atoms. The number of carbonyl (C=O) groups excluding carboxylic acids is 1. The van der Waals surface area contributed by atoms with Gasteiger partial charge in [0.1, 0.15) is 18.3 Å². The normalized spacial score (nSPS) is 18.2. The Labute approximate surface area is 120 Å². The fourth-order valence-electron chi connectivity index (χ4n) is 2.42. The van der Waals surface area contributed by atoms with Crippen molar-refractivity contribution in [3.8, 4) is 0 Å². The second kappa shape index (κ2) is 5.65. The third-order valence-electron chi connectivity index (χ3n) is 3.58. The van der Waals surface area contributed by atoms with Crippen LogP contribution in [0.5, 0.6) is 0 Å². The molecule has 0 spiro atoms. The summed E-state index contributed by atoms with van der Waals surface area (Å²) in [7, 11) is 1.72. The maximum absolute atomic E-state index is 12.2. The Hall–Kier alpha value is -2.22. The molecule has 1 amide bonds. The number of carbonyl (C=O) groups is 1. The van der Waals surface area contributed by atoms with Crippen molar-refractivity contribution in [1.82, 2.24) is 24.6 Å². The van der Waals surface area contributed by atoms with E-state index in [2.05, 4.69) is 15.4 Å². The van der Waals surface area contributed by atoms with E-state index in [0.717, 1.165) is 19.4 Å². The maximum atomic E-state index is 12.2. The van der Waals surface area contributed by atoms with Gasteiger partial charge in [0.05, 0.1) is 12.3 Å². The minimum atomic E-state index is -0.264. The molecule has 0 unspecified atom stereocenters. The minimum Gasteiger partial charge on any atom is -0.376 e. The zero-order valence-electron chi connectivity index (χ0n) is 11.8. The maximum Gasteiger partial charge on any atom is 0.264 e. The number of nitrogens with one attached hydrogen (secondary N) is 1. The van der Waals surface area contributed by atoms with Gasteiger partial charge in [-0.3, -0.25) is 18.8 Å².